The van der Waals surface area contributed by atoms with E-state index in [1.54, 1.807) is 12.1 Å². The van der Waals surface area contributed by atoms with Gasteiger partial charge in [-0.05, 0) is 49.2 Å². The lowest BCUT2D eigenvalue weighted by Gasteiger charge is -2.33. The molecule has 0 aliphatic carbocycles. The molecule has 130 valence electrons. The highest BCUT2D eigenvalue weighted by atomic mass is 19.1. The molecule has 4 nitrogen and oxygen atoms in total. The van der Waals surface area contributed by atoms with Crippen LogP contribution in [0, 0.1) is 5.82 Å². The molecule has 5 heteroatoms. The lowest BCUT2D eigenvalue weighted by atomic mass is 10.0. The highest BCUT2D eigenvalue weighted by molar-refractivity contribution is 5.85. The van der Waals surface area contributed by atoms with Crippen LogP contribution in [0.1, 0.15) is 36.4 Å². The molecule has 25 heavy (non-hydrogen) atoms. The Morgan fingerprint density at radius 3 is 2.40 bits per heavy atom. The van der Waals surface area contributed by atoms with Crippen LogP contribution in [0.3, 0.4) is 0 Å². The fourth-order valence-electron chi connectivity index (χ4n) is 3.12. The van der Waals surface area contributed by atoms with E-state index in [0.29, 0.717) is 0 Å². The molecule has 1 aliphatic rings. The fourth-order valence-corrected chi connectivity index (χ4v) is 3.12. The van der Waals surface area contributed by atoms with E-state index in [2.05, 4.69) is 15.4 Å². The monoisotopic (exact) mass is 339 g/mol. The molecule has 1 N–H and O–H groups in total. The van der Waals surface area contributed by atoms with Gasteiger partial charge >= 0.3 is 0 Å². The summed E-state index contributed by atoms with van der Waals surface area (Å²) in [6.45, 7) is 1.82. The average Bonchev–Trinajstić information content (AvgIpc) is 2.65. The molecule has 1 heterocycles. The molecular formula is C20H22FN3O. The zero-order valence-electron chi connectivity index (χ0n) is 14.1. The Kier molecular flexibility index (Phi) is 5.90. The van der Waals surface area contributed by atoms with Crippen LogP contribution in [-0.2, 0) is 4.79 Å². The van der Waals surface area contributed by atoms with Gasteiger partial charge in [0.15, 0.2) is 0 Å². The number of carbonyl (C=O) groups excluding carboxylic acids is 1. The number of benzene rings is 2. The molecule has 2 aromatic rings. The number of hydrazone groups is 1. The normalized spacial score (nSPS) is 16.7. The SMILES string of the molecule is O=C(N/N=C/c1ccc(F)cc1)[C@@H](c1ccccc1)N1CCCCC1. The van der Waals surface area contributed by atoms with Crippen LogP contribution in [0.25, 0.3) is 0 Å². The Bertz CT molecular complexity index is 709. The number of nitrogens with zero attached hydrogens (tertiary/aromatic N) is 2. The zero-order chi connectivity index (χ0) is 17.5. The minimum atomic E-state index is -0.341. The van der Waals surface area contributed by atoms with E-state index in [9.17, 15) is 9.18 Å². The number of hydrogen-bond acceptors (Lipinski definition) is 3. The van der Waals surface area contributed by atoms with Crippen molar-refractivity contribution in [2.24, 2.45) is 5.10 Å². The number of rotatable bonds is 5. The van der Waals surface area contributed by atoms with Gasteiger partial charge in [-0.2, -0.15) is 5.10 Å². The minimum Gasteiger partial charge on any atom is -0.288 e. The van der Waals surface area contributed by atoms with E-state index >= 15 is 0 Å². The van der Waals surface area contributed by atoms with Gasteiger partial charge in [0, 0.05) is 0 Å². The molecule has 1 atom stereocenters. The number of amides is 1. The summed E-state index contributed by atoms with van der Waals surface area (Å²) >= 11 is 0. The van der Waals surface area contributed by atoms with E-state index in [1.165, 1.54) is 24.8 Å². The van der Waals surface area contributed by atoms with Crippen molar-refractivity contribution in [2.45, 2.75) is 25.3 Å². The maximum absolute atomic E-state index is 12.9. The average molecular weight is 339 g/mol. The van der Waals surface area contributed by atoms with Crippen LogP contribution >= 0.6 is 0 Å². The van der Waals surface area contributed by atoms with Crippen molar-refractivity contribution in [3.63, 3.8) is 0 Å². The van der Waals surface area contributed by atoms with Crippen LogP contribution in [0.4, 0.5) is 4.39 Å². The summed E-state index contributed by atoms with van der Waals surface area (Å²) in [6.07, 6.45) is 4.95. The molecule has 0 unspecified atom stereocenters. The fraction of sp³-hybridized carbons (Fsp3) is 0.300. The Morgan fingerprint density at radius 1 is 1.04 bits per heavy atom. The highest BCUT2D eigenvalue weighted by Crippen LogP contribution is 2.24. The molecule has 1 fully saturated rings. The molecule has 0 radical (unpaired) electrons. The molecule has 1 saturated heterocycles. The van der Waals surface area contributed by atoms with Crippen LogP contribution in [0.2, 0.25) is 0 Å². The molecule has 0 saturated carbocycles. The van der Waals surface area contributed by atoms with Gasteiger partial charge in [-0.3, -0.25) is 9.69 Å². The lowest BCUT2D eigenvalue weighted by molar-refractivity contribution is -0.127. The first-order valence-corrected chi connectivity index (χ1v) is 8.61. The van der Waals surface area contributed by atoms with Gasteiger partial charge < -0.3 is 0 Å². The van der Waals surface area contributed by atoms with Crippen LogP contribution in [0.15, 0.2) is 59.7 Å². The lowest BCUT2D eigenvalue weighted by Crippen LogP contribution is -2.41. The van der Waals surface area contributed by atoms with Crippen molar-refractivity contribution >= 4 is 12.1 Å². The van der Waals surface area contributed by atoms with E-state index in [1.807, 2.05) is 30.3 Å². The van der Waals surface area contributed by atoms with Crippen molar-refractivity contribution in [1.29, 1.82) is 0 Å². The number of carbonyl (C=O) groups is 1. The first-order valence-electron chi connectivity index (χ1n) is 8.61. The summed E-state index contributed by atoms with van der Waals surface area (Å²) in [4.78, 5) is 15.0. The summed E-state index contributed by atoms with van der Waals surface area (Å²) in [5.74, 6) is -0.443. The third kappa shape index (κ3) is 4.73. The number of likely N-dealkylation sites (tertiary alicyclic amines) is 1. The molecule has 0 bridgehead atoms. The smallest absolute Gasteiger partial charge is 0.262 e. The van der Waals surface area contributed by atoms with Crippen LogP contribution in [0.5, 0.6) is 0 Å². The van der Waals surface area contributed by atoms with Gasteiger partial charge in [-0.25, -0.2) is 9.82 Å². The topological polar surface area (TPSA) is 44.7 Å². The van der Waals surface area contributed by atoms with E-state index in [-0.39, 0.29) is 17.8 Å². The summed E-state index contributed by atoms with van der Waals surface area (Å²) < 4.78 is 12.9. The highest BCUT2D eigenvalue weighted by Gasteiger charge is 2.28. The summed E-state index contributed by atoms with van der Waals surface area (Å²) in [6, 6.07) is 15.4. The second-order valence-electron chi connectivity index (χ2n) is 6.20. The maximum Gasteiger partial charge on any atom is 0.262 e. The first-order chi connectivity index (χ1) is 12.2. The van der Waals surface area contributed by atoms with Crippen molar-refractivity contribution in [2.75, 3.05) is 13.1 Å². The van der Waals surface area contributed by atoms with E-state index in [4.69, 9.17) is 0 Å². The van der Waals surface area contributed by atoms with Gasteiger partial charge in [-0.1, -0.05) is 48.9 Å². The second-order valence-corrected chi connectivity index (χ2v) is 6.20. The maximum atomic E-state index is 12.9. The van der Waals surface area contributed by atoms with Gasteiger partial charge in [0.2, 0.25) is 0 Å². The number of nitrogens with one attached hydrogen (secondary N) is 1. The van der Waals surface area contributed by atoms with Crippen molar-refractivity contribution in [3.05, 3.63) is 71.5 Å². The Hall–Kier alpha value is -2.53. The molecule has 0 aromatic heterocycles. The molecular weight excluding hydrogens is 317 g/mol. The van der Waals surface area contributed by atoms with E-state index in [0.717, 1.165) is 37.1 Å². The molecule has 1 amide bonds. The van der Waals surface area contributed by atoms with Crippen LogP contribution < -0.4 is 5.43 Å². The third-order valence-corrected chi connectivity index (χ3v) is 4.38. The molecule has 1 aliphatic heterocycles. The van der Waals surface area contributed by atoms with Gasteiger partial charge in [0.05, 0.1) is 6.21 Å². The standard InChI is InChI=1S/C20H22FN3O/c21-18-11-9-16(10-12-18)15-22-23-20(25)19(17-7-3-1-4-8-17)24-13-5-2-6-14-24/h1,3-4,7-12,15,19H,2,5-6,13-14H2,(H,23,25)/b22-15+/t19-/m1/s1. The summed E-state index contributed by atoms with van der Waals surface area (Å²) in [7, 11) is 0. The predicted molar refractivity (Wildman–Crippen MR) is 96.7 cm³/mol. The second kappa shape index (κ2) is 8.53. The third-order valence-electron chi connectivity index (χ3n) is 4.38. The largest absolute Gasteiger partial charge is 0.288 e. The quantitative estimate of drug-likeness (QED) is 0.669. The Labute approximate surface area is 147 Å². The van der Waals surface area contributed by atoms with Crippen molar-refractivity contribution in [1.82, 2.24) is 10.3 Å². The van der Waals surface area contributed by atoms with Gasteiger partial charge in [0.25, 0.3) is 5.91 Å². The zero-order valence-corrected chi connectivity index (χ0v) is 14.1. The van der Waals surface area contributed by atoms with Gasteiger partial charge in [-0.15, -0.1) is 0 Å². The Balaban J connectivity index is 1.71. The van der Waals surface area contributed by atoms with Gasteiger partial charge in [0.1, 0.15) is 11.9 Å². The van der Waals surface area contributed by atoms with Crippen LogP contribution in [-0.4, -0.2) is 30.1 Å². The van der Waals surface area contributed by atoms with Crippen molar-refractivity contribution < 1.29 is 9.18 Å². The van der Waals surface area contributed by atoms with Crippen molar-refractivity contribution in [3.8, 4) is 0 Å². The number of halogens is 1. The minimum absolute atomic E-state index is 0.147. The predicted octanol–water partition coefficient (Wildman–Crippen LogP) is 3.50. The molecule has 0 spiro atoms. The first kappa shape index (κ1) is 17.3. The number of piperidine rings is 1. The number of hydrogen-bond donors (Lipinski definition) is 1. The Morgan fingerprint density at radius 2 is 1.72 bits per heavy atom. The molecule has 3 rings (SSSR count). The van der Waals surface area contributed by atoms with E-state index < -0.39 is 0 Å². The summed E-state index contributed by atoms with van der Waals surface area (Å²) in [5, 5.41) is 4.04. The summed E-state index contributed by atoms with van der Waals surface area (Å²) in [5.41, 5.74) is 4.34. The molecule has 2 aromatic carbocycles.